The van der Waals surface area contributed by atoms with Crippen molar-refractivity contribution in [3.63, 3.8) is 0 Å². The van der Waals surface area contributed by atoms with E-state index in [1.807, 2.05) is 49.4 Å². The summed E-state index contributed by atoms with van der Waals surface area (Å²) in [7, 11) is -3.70. The molecule has 0 amide bonds. The largest absolute Gasteiger partial charge is 0.268 e. The number of nitrogens with zero attached hydrogens (tertiary/aromatic N) is 3. The molecule has 1 aliphatic heterocycles. The van der Waals surface area contributed by atoms with Crippen molar-refractivity contribution < 1.29 is 8.42 Å². The van der Waals surface area contributed by atoms with E-state index in [4.69, 9.17) is 0 Å². The molecule has 1 aromatic heterocycles. The van der Waals surface area contributed by atoms with Gasteiger partial charge in [0.15, 0.2) is 0 Å². The molecule has 6 heteroatoms. The van der Waals surface area contributed by atoms with Gasteiger partial charge >= 0.3 is 0 Å². The number of rotatable bonds is 3. The van der Waals surface area contributed by atoms with Crippen LogP contribution in [-0.4, -0.2) is 12.4 Å². The van der Waals surface area contributed by atoms with Crippen LogP contribution in [0.2, 0.25) is 0 Å². The average molecular weight is 351 g/mol. The zero-order chi connectivity index (χ0) is 17.4. The Morgan fingerprint density at radius 1 is 0.920 bits per heavy atom. The van der Waals surface area contributed by atoms with Gasteiger partial charge in [-0.3, -0.25) is 0 Å². The van der Waals surface area contributed by atoms with Gasteiger partial charge in [-0.1, -0.05) is 48.0 Å². The third-order valence-corrected chi connectivity index (χ3v) is 6.04. The van der Waals surface area contributed by atoms with Crippen molar-refractivity contribution >= 4 is 10.0 Å². The molecule has 0 saturated carbocycles. The third kappa shape index (κ3) is 2.68. The molecule has 0 saturated heterocycles. The Bertz CT molecular complexity index is 1050. The van der Waals surface area contributed by atoms with Crippen molar-refractivity contribution in [2.45, 2.75) is 24.9 Å². The first kappa shape index (κ1) is 15.8. The highest BCUT2D eigenvalue weighted by Gasteiger charge is 2.26. The monoisotopic (exact) mass is 351 g/mol. The SMILES string of the molecule is Cc1ccc(S(=O)(=O)n2cc3c(c2-c2ccccc2)CN=NC3)cc1. The van der Waals surface area contributed by atoms with Crippen molar-refractivity contribution in [3.8, 4) is 11.3 Å². The quantitative estimate of drug-likeness (QED) is 0.711. The molecule has 126 valence electrons. The van der Waals surface area contributed by atoms with E-state index >= 15 is 0 Å². The molecular formula is C19H17N3O2S. The molecule has 4 rings (SSSR count). The Hall–Kier alpha value is -2.73. The minimum absolute atomic E-state index is 0.275. The summed E-state index contributed by atoms with van der Waals surface area (Å²) < 4.78 is 27.9. The summed E-state index contributed by atoms with van der Waals surface area (Å²) in [4.78, 5) is 0.275. The lowest BCUT2D eigenvalue weighted by atomic mass is 10.0. The molecule has 1 aliphatic rings. The Labute approximate surface area is 146 Å². The fourth-order valence-electron chi connectivity index (χ4n) is 3.04. The van der Waals surface area contributed by atoms with Crippen LogP contribution in [0.3, 0.4) is 0 Å². The maximum Gasteiger partial charge on any atom is 0.268 e. The van der Waals surface area contributed by atoms with Crippen LogP contribution >= 0.6 is 0 Å². The molecule has 2 heterocycles. The molecule has 0 fully saturated rings. The maximum absolute atomic E-state index is 13.3. The third-order valence-electron chi connectivity index (χ3n) is 4.36. The molecule has 0 atom stereocenters. The van der Waals surface area contributed by atoms with Crippen LogP contribution in [0.4, 0.5) is 0 Å². The van der Waals surface area contributed by atoms with E-state index in [9.17, 15) is 8.42 Å². The minimum atomic E-state index is -3.70. The van der Waals surface area contributed by atoms with Crippen LogP contribution in [0.5, 0.6) is 0 Å². The zero-order valence-corrected chi connectivity index (χ0v) is 14.6. The topological polar surface area (TPSA) is 63.8 Å². The number of fused-ring (bicyclic) bond motifs is 1. The smallest absolute Gasteiger partial charge is 0.240 e. The standard InChI is InChI=1S/C19H17N3O2S/c1-14-7-9-17(10-8-14)25(23,24)22-13-16-11-20-21-12-18(16)19(22)15-5-3-2-4-6-15/h2-10,13H,11-12H2,1H3. The Morgan fingerprint density at radius 3 is 2.32 bits per heavy atom. The summed E-state index contributed by atoms with van der Waals surface area (Å²) in [6.07, 6.45) is 1.69. The van der Waals surface area contributed by atoms with E-state index < -0.39 is 10.0 Å². The van der Waals surface area contributed by atoms with Crippen molar-refractivity contribution in [2.24, 2.45) is 10.2 Å². The first-order chi connectivity index (χ1) is 12.1. The van der Waals surface area contributed by atoms with Crippen molar-refractivity contribution in [2.75, 3.05) is 0 Å². The van der Waals surface area contributed by atoms with Crippen LogP contribution in [0.25, 0.3) is 11.3 Å². The van der Waals surface area contributed by atoms with Gasteiger partial charge in [0.1, 0.15) is 0 Å². The number of aromatic nitrogens is 1. The maximum atomic E-state index is 13.3. The average Bonchev–Trinajstić information content (AvgIpc) is 3.03. The molecule has 5 nitrogen and oxygen atoms in total. The van der Waals surface area contributed by atoms with Gasteiger partial charge in [0.05, 0.1) is 23.7 Å². The lowest BCUT2D eigenvalue weighted by Gasteiger charge is -2.13. The second-order valence-electron chi connectivity index (χ2n) is 6.06. The van der Waals surface area contributed by atoms with Gasteiger partial charge in [-0.15, -0.1) is 0 Å². The number of benzene rings is 2. The van der Waals surface area contributed by atoms with Gasteiger partial charge in [0.2, 0.25) is 0 Å². The van der Waals surface area contributed by atoms with E-state index in [1.54, 1.807) is 18.3 Å². The molecule has 2 aromatic carbocycles. The lowest BCUT2D eigenvalue weighted by molar-refractivity contribution is 0.588. The van der Waals surface area contributed by atoms with Gasteiger partial charge in [-0.2, -0.15) is 10.2 Å². The highest BCUT2D eigenvalue weighted by atomic mass is 32.2. The van der Waals surface area contributed by atoms with Gasteiger partial charge in [-0.05, 0) is 24.6 Å². The zero-order valence-electron chi connectivity index (χ0n) is 13.8. The van der Waals surface area contributed by atoms with Crippen molar-refractivity contribution in [1.82, 2.24) is 3.97 Å². The first-order valence-corrected chi connectivity index (χ1v) is 9.45. The van der Waals surface area contributed by atoms with E-state index in [-0.39, 0.29) is 4.90 Å². The Morgan fingerprint density at radius 2 is 1.60 bits per heavy atom. The summed E-state index contributed by atoms with van der Waals surface area (Å²) in [5.74, 6) is 0. The molecule has 3 aromatic rings. The minimum Gasteiger partial charge on any atom is -0.240 e. The normalized spacial score (nSPS) is 13.6. The molecule has 0 unspecified atom stereocenters. The van der Waals surface area contributed by atoms with Crippen LogP contribution in [-0.2, 0) is 23.1 Å². The number of hydrogen-bond acceptors (Lipinski definition) is 4. The fraction of sp³-hybridized carbons (Fsp3) is 0.158. The summed E-state index contributed by atoms with van der Waals surface area (Å²) in [5, 5.41) is 8.15. The van der Waals surface area contributed by atoms with Gasteiger partial charge < -0.3 is 0 Å². The van der Waals surface area contributed by atoms with Crippen LogP contribution in [0.1, 0.15) is 16.7 Å². The van der Waals surface area contributed by atoms with Crippen LogP contribution in [0.15, 0.2) is 75.9 Å². The van der Waals surface area contributed by atoms with E-state index in [2.05, 4.69) is 10.2 Å². The summed E-state index contributed by atoms with van der Waals surface area (Å²) >= 11 is 0. The fourth-order valence-corrected chi connectivity index (χ4v) is 4.47. The first-order valence-electron chi connectivity index (χ1n) is 8.01. The van der Waals surface area contributed by atoms with Gasteiger partial charge in [-0.25, -0.2) is 12.4 Å². The molecule has 0 N–H and O–H groups in total. The highest BCUT2D eigenvalue weighted by Crippen LogP contribution is 2.34. The van der Waals surface area contributed by atoms with E-state index in [0.29, 0.717) is 18.8 Å². The van der Waals surface area contributed by atoms with Gasteiger partial charge in [0.25, 0.3) is 10.0 Å². The molecule has 0 spiro atoms. The summed E-state index contributed by atoms with van der Waals surface area (Å²) in [6, 6.07) is 16.5. The molecule has 25 heavy (non-hydrogen) atoms. The lowest BCUT2D eigenvalue weighted by Crippen LogP contribution is -2.13. The Kier molecular flexibility index (Phi) is 3.77. The number of hydrogen-bond donors (Lipinski definition) is 0. The van der Waals surface area contributed by atoms with Crippen molar-refractivity contribution in [3.05, 3.63) is 77.5 Å². The van der Waals surface area contributed by atoms with Gasteiger partial charge in [0, 0.05) is 17.3 Å². The highest BCUT2D eigenvalue weighted by molar-refractivity contribution is 7.90. The van der Waals surface area contributed by atoms with E-state index in [1.165, 1.54) is 3.97 Å². The number of aryl methyl sites for hydroxylation is 1. The Balaban J connectivity index is 1.96. The van der Waals surface area contributed by atoms with Crippen LogP contribution in [0, 0.1) is 6.92 Å². The molecule has 0 aliphatic carbocycles. The predicted molar refractivity (Wildman–Crippen MR) is 95.9 cm³/mol. The van der Waals surface area contributed by atoms with Crippen LogP contribution < -0.4 is 0 Å². The molecule has 0 radical (unpaired) electrons. The second-order valence-corrected chi connectivity index (χ2v) is 7.88. The van der Waals surface area contributed by atoms with E-state index in [0.717, 1.165) is 22.3 Å². The molecule has 0 bridgehead atoms. The summed E-state index contributed by atoms with van der Waals surface area (Å²) in [5.41, 5.74) is 4.39. The predicted octanol–water partition coefficient (Wildman–Crippen LogP) is 4.17. The molecular weight excluding hydrogens is 334 g/mol. The summed E-state index contributed by atoms with van der Waals surface area (Å²) in [6.45, 7) is 2.74. The number of azo groups is 1. The van der Waals surface area contributed by atoms with Crippen molar-refractivity contribution in [1.29, 1.82) is 0 Å². The second kappa shape index (κ2) is 5.97.